The first-order valence-corrected chi connectivity index (χ1v) is 7.18. The summed E-state index contributed by atoms with van der Waals surface area (Å²) in [4.78, 5) is 15.7. The molecule has 0 aliphatic carbocycles. The third kappa shape index (κ3) is 2.64. The van der Waals surface area contributed by atoms with Crippen LogP contribution >= 0.6 is 0 Å². The summed E-state index contributed by atoms with van der Waals surface area (Å²) in [6.07, 6.45) is 1.74. The molecule has 6 heteroatoms. The van der Waals surface area contributed by atoms with Crippen LogP contribution in [0.3, 0.4) is 0 Å². The van der Waals surface area contributed by atoms with Crippen molar-refractivity contribution >= 4 is 11.7 Å². The smallest absolute Gasteiger partial charge is 0.317 e. The molecule has 1 aromatic carbocycles. The van der Waals surface area contributed by atoms with Crippen LogP contribution in [0.4, 0.5) is 14.9 Å². The van der Waals surface area contributed by atoms with Crippen LogP contribution in [-0.2, 0) is 0 Å². The molecule has 3 rings (SSSR count). The van der Waals surface area contributed by atoms with E-state index in [1.807, 2.05) is 4.90 Å². The van der Waals surface area contributed by atoms with Crippen LogP contribution in [0.5, 0.6) is 0 Å². The lowest BCUT2D eigenvalue weighted by Crippen LogP contribution is -2.46. The highest BCUT2D eigenvalue weighted by Gasteiger charge is 2.31. The van der Waals surface area contributed by atoms with Crippen molar-refractivity contribution in [3.8, 4) is 6.07 Å². The number of urea groups is 1. The van der Waals surface area contributed by atoms with E-state index >= 15 is 0 Å². The normalized spacial score (nSPS) is 19.5. The van der Waals surface area contributed by atoms with Crippen LogP contribution in [-0.4, -0.2) is 43.2 Å². The minimum absolute atomic E-state index is 0.0212. The summed E-state index contributed by atoms with van der Waals surface area (Å²) >= 11 is 0. The standard InChI is InChI=1S/C15H17FN4O/c16-12-1-2-14(11(9-12)10-17)19-6-3-13(4-7-19)20-8-5-18-15(20)21/h1-2,9,13H,3-8H2,(H,18,21). The van der Waals surface area contributed by atoms with Gasteiger partial charge in [0.25, 0.3) is 0 Å². The fourth-order valence-corrected chi connectivity index (χ4v) is 3.13. The maximum atomic E-state index is 13.2. The number of hydrogen-bond acceptors (Lipinski definition) is 3. The van der Waals surface area contributed by atoms with Gasteiger partial charge in [-0.3, -0.25) is 0 Å². The Morgan fingerprint density at radius 2 is 2.05 bits per heavy atom. The Balaban J connectivity index is 1.69. The predicted octanol–water partition coefficient (Wildman–Crippen LogP) is 1.69. The minimum Gasteiger partial charge on any atom is -0.370 e. The molecule has 2 heterocycles. The lowest BCUT2D eigenvalue weighted by atomic mass is 10.0. The van der Waals surface area contributed by atoms with Gasteiger partial charge in [-0.05, 0) is 31.0 Å². The number of piperidine rings is 1. The maximum Gasteiger partial charge on any atom is 0.317 e. The summed E-state index contributed by atoms with van der Waals surface area (Å²) in [7, 11) is 0. The number of nitrogens with one attached hydrogen (secondary N) is 1. The number of amides is 2. The third-order valence-corrected chi connectivity index (χ3v) is 4.21. The number of nitriles is 1. The van der Waals surface area contributed by atoms with Crippen molar-refractivity contribution in [2.24, 2.45) is 0 Å². The van der Waals surface area contributed by atoms with Gasteiger partial charge in [-0.1, -0.05) is 0 Å². The molecule has 0 atom stereocenters. The number of anilines is 1. The van der Waals surface area contributed by atoms with Gasteiger partial charge in [0.05, 0.1) is 11.3 Å². The van der Waals surface area contributed by atoms with Crippen LogP contribution in [0.2, 0.25) is 0 Å². The van der Waals surface area contributed by atoms with E-state index < -0.39 is 0 Å². The van der Waals surface area contributed by atoms with Gasteiger partial charge in [0, 0.05) is 32.2 Å². The van der Waals surface area contributed by atoms with E-state index in [-0.39, 0.29) is 17.9 Å². The average molecular weight is 288 g/mol. The van der Waals surface area contributed by atoms with E-state index in [9.17, 15) is 9.18 Å². The van der Waals surface area contributed by atoms with E-state index in [1.54, 1.807) is 6.07 Å². The van der Waals surface area contributed by atoms with Gasteiger partial charge < -0.3 is 15.1 Å². The van der Waals surface area contributed by atoms with Crippen molar-refractivity contribution in [2.45, 2.75) is 18.9 Å². The first-order chi connectivity index (χ1) is 10.2. The van der Waals surface area contributed by atoms with Gasteiger partial charge in [0.15, 0.2) is 0 Å². The maximum absolute atomic E-state index is 13.2. The third-order valence-electron chi connectivity index (χ3n) is 4.21. The second-order valence-electron chi connectivity index (χ2n) is 5.42. The Morgan fingerprint density at radius 1 is 1.29 bits per heavy atom. The van der Waals surface area contributed by atoms with E-state index in [4.69, 9.17) is 5.26 Å². The van der Waals surface area contributed by atoms with Crippen LogP contribution in [0.1, 0.15) is 18.4 Å². The molecule has 2 aliphatic rings. The lowest BCUT2D eigenvalue weighted by Gasteiger charge is -2.37. The fraction of sp³-hybridized carbons (Fsp3) is 0.467. The predicted molar refractivity (Wildman–Crippen MR) is 76.5 cm³/mol. The molecule has 0 saturated carbocycles. The Hall–Kier alpha value is -2.29. The summed E-state index contributed by atoms with van der Waals surface area (Å²) in [5.41, 5.74) is 1.15. The van der Waals surface area contributed by atoms with Crippen LogP contribution in [0.25, 0.3) is 0 Å². The molecular weight excluding hydrogens is 271 g/mol. The molecule has 2 fully saturated rings. The number of benzene rings is 1. The molecule has 21 heavy (non-hydrogen) atoms. The van der Waals surface area contributed by atoms with Crippen LogP contribution in [0.15, 0.2) is 18.2 Å². The van der Waals surface area contributed by atoms with Crippen molar-refractivity contribution in [1.29, 1.82) is 5.26 Å². The Bertz CT molecular complexity index is 590. The molecule has 0 unspecified atom stereocenters. The molecule has 1 aromatic rings. The second-order valence-corrected chi connectivity index (χ2v) is 5.42. The zero-order valence-electron chi connectivity index (χ0n) is 11.7. The molecule has 2 aliphatic heterocycles. The minimum atomic E-state index is -0.390. The van der Waals surface area contributed by atoms with E-state index in [0.29, 0.717) is 5.56 Å². The van der Waals surface area contributed by atoms with Crippen LogP contribution in [0, 0.1) is 17.1 Å². The number of hydrogen-bond donors (Lipinski definition) is 1. The highest BCUT2D eigenvalue weighted by Crippen LogP contribution is 2.26. The number of halogens is 1. The molecule has 5 nitrogen and oxygen atoms in total. The number of carbonyl (C=O) groups excluding carboxylic acids is 1. The second kappa shape index (κ2) is 5.60. The highest BCUT2D eigenvalue weighted by molar-refractivity contribution is 5.76. The molecule has 0 radical (unpaired) electrons. The lowest BCUT2D eigenvalue weighted by molar-refractivity contribution is 0.186. The molecule has 2 amide bonds. The zero-order valence-corrected chi connectivity index (χ0v) is 11.7. The number of nitrogens with zero attached hydrogens (tertiary/aromatic N) is 3. The summed E-state index contributed by atoms with van der Waals surface area (Å²) in [6, 6.07) is 6.65. The highest BCUT2D eigenvalue weighted by atomic mass is 19.1. The largest absolute Gasteiger partial charge is 0.370 e. The van der Waals surface area contributed by atoms with Crippen molar-refractivity contribution in [3.63, 3.8) is 0 Å². The molecule has 1 N–H and O–H groups in total. The quantitative estimate of drug-likeness (QED) is 0.901. The molecule has 110 valence electrons. The summed E-state index contributed by atoms with van der Waals surface area (Å²) in [5.74, 6) is -0.390. The monoisotopic (exact) mass is 288 g/mol. The summed E-state index contributed by atoms with van der Waals surface area (Å²) in [5, 5.41) is 12.0. The summed E-state index contributed by atoms with van der Waals surface area (Å²) < 4.78 is 13.2. The molecule has 2 saturated heterocycles. The Morgan fingerprint density at radius 3 is 2.67 bits per heavy atom. The molecule has 0 bridgehead atoms. The topological polar surface area (TPSA) is 59.4 Å². The molecule has 0 aromatic heterocycles. The van der Waals surface area contributed by atoms with E-state index in [0.717, 1.165) is 44.7 Å². The van der Waals surface area contributed by atoms with Gasteiger partial charge in [0.2, 0.25) is 0 Å². The number of rotatable bonds is 2. The number of carbonyl (C=O) groups is 1. The Labute approximate surface area is 122 Å². The van der Waals surface area contributed by atoms with Gasteiger partial charge in [-0.2, -0.15) is 5.26 Å². The van der Waals surface area contributed by atoms with Crippen molar-refractivity contribution in [2.75, 3.05) is 31.1 Å². The first kappa shape index (κ1) is 13.7. The summed E-state index contributed by atoms with van der Waals surface area (Å²) in [6.45, 7) is 3.03. The van der Waals surface area contributed by atoms with E-state index in [1.165, 1.54) is 12.1 Å². The van der Waals surface area contributed by atoms with Gasteiger partial charge >= 0.3 is 6.03 Å². The van der Waals surface area contributed by atoms with Gasteiger partial charge in [0.1, 0.15) is 11.9 Å². The molecule has 0 spiro atoms. The SMILES string of the molecule is N#Cc1cc(F)ccc1N1CCC(N2CCNC2=O)CC1. The van der Waals surface area contributed by atoms with E-state index in [2.05, 4.69) is 16.3 Å². The van der Waals surface area contributed by atoms with Crippen LogP contribution < -0.4 is 10.2 Å². The van der Waals surface area contributed by atoms with Crippen molar-refractivity contribution in [1.82, 2.24) is 10.2 Å². The van der Waals surface area contributed by atoms with Gasteiger partial charge in [-0.25, -0.2) is 9.18 Å². The van der Waals surface area contributed by atoms with Crippen molar-refractivity contribution < 1.29 is 9.18 Å². The van der Waals surface area contributed by atoms with Gasteiger partial charge in [-0.15, -0.1) is 0 Å². The fourth-order valence-electron chi connectivity index (χ4n) is 3.13. The Kier molecular flexibility index (Phi) is 3.65. The first-order valence-electron chi connectivity index (χ1n) is 7.18. The zero-order chi connectivity index (χ0) is 14.8. The van der Waals surface area contributed by atoms with Crippen molar-refractivity contribution in [3.05, 3.63) is 29.6 Å². The molecular formula is C15H17FN4O. The average Bonchev–Trinajstić information content (AvgIpc) is 2.93.